The summed E-state index contributed by atoms with van der Waals surface area (Å²) in [6.45, 7) is 2.04. The van der Waals surface area contributed by atoms with Crippen molar-refractivity contribution in [2.75, 3.05) is 6.54 Å². The van der Waals surface area contributed by atoms with Gasteiger partial charge in [-0.25, -0.2) is 0 Å². The van der Waals surface area contributed by atoms with Gasteiger partial charge in [-0.1, -0.05) is 62.4 Å². The van der Waals surface area contributed by atoms with Crippen molar-refractivity contribution in [3.05, 3.63) is 89.0 Å². The summed E-state index contributed by atoms with van der Waals surface area (Å²) in [5.41, 5.74) is 3.31. The van der Waals surface area contributed by atoms with E-state index >= 15 is 0 Å². The monoisotopic (exact) mass is 553 g/mol. The lowest BCUT2D eigenvalue weighted by atomic mass is 9.83. The van der Waals surface area contributed by atoms with E-state index in [0.717, 1.165) is 48.1 Å². The number of rotatable bonds is 10. The average Bonchev–Trinajstić information content (AvgIpc) is 2.93. The maximum Gasteiger partial charge on any atom is 0.416 e. The zero-order chi connectivity index (χ0) is 28.7. The molecule has 3 aromatic carbocycles. The fourth-order valence-electron chi connectivity index (χ4n) is 5.27. The van der Waals surface area contributed by atoms with E-state index in [9.17, 15) is 22.8 Å². The molecule has 3 aromatic rings. The maximum absolute atomic E-state index is 13.0. The Bertz CT molecular complexity index is 1300. The van der Waals surface area contributed by atoms with Gasteiger partial charge >= 0.3 is 12.1 Å². The van der Waals surface area contributed by atoms with Gasteiger partial charge in [0, 0.05) is 12.1 Å². The first-order chi connectivity index (χ1) is 19.1. The fourth-order valence-corrected chi connectivity index (χ4v) is 5.27. The highest BCUT2D eigenvalue weighted by atomic mass is 19.4. The van der Waals surface area contributed by atoms with Crippen molar-refractivity contribution < 1.29 is 32.6 Å². The van der Waals surface area contributed by atoms with Crippen LogP contribution in [0.15, 0.2) is 66.7 Å². The van der Waals surface area contributed by atoms with Crippen molar-refractivity contribution in [1.82, 2.24) is 5.32 Å². The summed E-state index contributed by atoms with van der Waals surface area (Å²) < 4.78 is 45.4. The second-order valence-electron chi connectivity index (χ2n) is 10.4. The standard InChI is InChI=1S/C32H34F3NO4/c1-21-19-25(23-7-12-26(13-8-23)32(33,34)35)11-16-28(21)29(20-22-5-3-2-4-6-22)40-27-14-9-24(10-15-27)31(39)36-18-17-30(37)38/h7-16,19,22,29H,2-6,17-18,20H2,1H3,(H,36,39)(H,37,38)/t29-/m1/s1. The number of carbonyl (C=O) groups excluding carboxylic acids is 1. The molecule has 1 fully saturated rings. The molecule has 0 spiro atoms. The molecule has 0 unspecified atom stereocenters. The first-order valence-electron chi connectivity index (χ1n) is 13.6. The number of hydrogen-bond donors (Lipinski definition) is 2. The zero-order valence-corrected chi connectivity index (χ0v) is 22.5. The number of hydrogen-bond acceptors (Lipinski definition) is 3. The second-order valence-corrected chi connectivity index (χ2v) is 10.4. The Labute approximate surface area is 232 Å². The number of carboxylic acids is 1. The summed E-state index contributed by atoms with van der Waals surface area (Å²) in [4.78, 5) is 23.0. The largest absolute Gasteiger partial charge is 0.486 e. The highest BCUT2D eigenvalue weighted by Gasteiger charge is 2.30. The van der Waals surface area contributed by atoms with Gasteiger partial charge in [-0.15, -0.1) is 0 Å². The topological polar surface area (TPSA) is 75.6 Å². The first kappa shape index (κ1) is 29.2. The zero-order valence-electron chi connectivity index (χ0n) is 22.5. The van der Waals surface area contributed by atoms with Gasteiger partial charge in [-0.2, -0.15) is 13.2 Å². The van der Waals surface area contributed by atoms with Gasteiger partial charge in [0.15, 0.2) is 0 Å². The van der Waals surface area contributed by atoms with Crippen LogP contribution in [0.4, 0.5) is 13.2 Å². The SMILES string of the molecule is Cc1cc(-c2ccc(C(F)(F)F)cc2)ccc1[C@@H](CC1CCCCC1)Oc1ccc(C(=O)NCCC(=O)O)cc1. The minimum atomic E-state index is -4.37. The fraction of sp³-hybridized carbons (Fsp3) is 0.375. The molecular formula is C32H34F3NO4. The molecule has 4 rings (SSSR count). The van der Waals surface area contributed by atoms with Crippen LogP contribution in [-0.2, 0) is 11.0 Å². The van der Waals surface area contributed by atoms with Crippen molar-refractivity contribution in [3.63, 3.8) is 0 Å². The molecule has 0 bridgehead atoms. The smallest absolute Gasteiger partial charge is 0.416 e. The Balaban J connectivity index is 1.52. The van der Waals surface area contributed by atoms with Crippen LogP contribution in [0.25, 0.3) is 11.1 Å². The number of alkyl halides is 3. The van der Waals surface area contributed by atoms with Gasteiger partial charge in [0.1, 0.15) is 11.9 Å². The van der Waals surface area contributed by atoms with Crippen LogP contribution < -0.4 is 10.1 Å². The minimum absolute atomic E-state index is 0.0532. The molecule has 0 aliphatic heterocycles. The van der Waals surface area contributed by atoms with E-state index in [1.54, 1.807) is 24.3 Å². The number of carboxylic acid groups (broad SMARTS) is 1. The van der Waals surface area contributed by atoms with Gasteiger partial charge in [0.25, 0.3) is 5.91 Å². The lowest BCUT2D eigenvalue weighted by Gasteiger charge is -2.28. The Morgan fingerprint density at radius 3 is 2.20 bits per heavy atom. The molecule has 40 heavy (non-hydrogen) atoms. The Hall–Kier alpha value is -3.81. The number of carbonyl (C=O) groups is 2. The van der Waals surface area contributed by atoms with Crippen molar-refractivity contribution in [2.45, 2.75) is 64.1 Å². The normalized spacial score (nSPS) is 14.9. The molecule has 5 nitrogen and oxygen atoms in total. The number of nitrogens with one attached hydrogen (secondary N) is 1. The summed E-state index contributed by atoms with van der Waals surface area (Å²) in [5.74, 6) is -0.168. The highest BCUT2D eigenvalue weighted by Crippen LogP contribution is 2.37. The van der Waals surface area contributed by atoms with Crippen LogP contribution in [0.2, 0.25) is 0 Å². The number of ether oxygens (including phenoxy) is 1. The predicted molar refractivity (Wildman–Crippen MR) is 147 cm³/mol. The Morgan fingerprint density at radius 2 is 1.60 bits per heavy atom. The van der Waals surface area contributed by atoms with Gasteiger partial charge in [0.2, 0.25) is 0 Å². The number of halogens is 3. The summed E-state index contributed by atoms with van der Waals surface area (Å²) in [6, 6.07) is 17.9. The molecule has 212 valence electrons. The molecule has 8 heteroatoms. The lowest BCUT2D eigenvalue weighted by Crippen LogP contribution is -2.25. The van der Waals surface area contributed by atoms with Crippen LogP contribution in [0, 0.1) is 12.8 Å². The highest BCUT2D eigenvalue weighted by molar-refractivity contribution is 5.94. The van der Waals surface area contributed by atoms with Gasteiger partial charge in [0.05, 0.1) is 12.0 Å². The van der Waals surface area contributed by atoms with Crippen molar-refractivity contribution in [3.8, 4) is 16.9 Å². The molecule has 1 aliphatic rings. The van der Waals surface area contributed by atoms with E-state index in [0.29, 0.717) is 22.8 Å². The van der Waals surface area contributed by atoms with Gasteiger partial charge in [-0.3, -0.25) is 9.59 Å². The predicted octanol–water partition coefficient (Wildman–Crippen LogP) is 7.98. The van der Waals surface area contributed by atoms with Crippen molar-refractivity contribution >= 4 is 11.9 Å². The molecule has 1 amide bonds. The maximum atomic E-state index is 13.0. The summed E-state index contributed by atoms with van der Waals surface area (Å²) in [6.07, 6.45) is 2.06. The number of amides is 1. The van der Waals surface area contributed by atoms with Crippen molar-refractivity contribution in [1.29, 1.82) is 0 Å². The van der Waals surface area contributed by atoms with Crippen LogP contribution in [-0.4, -0.2) is 23.5 Å². The second kappa shape index (κ2) is 13.0. The third-order valence-corrected chi connectivity index (χ3v) is 7.45. The molecule has 1 atom stereocenters. The molecule has 0 heterocycles. The molecule has 0 aromatic heterocycles. The third-order valence-electron chi connectivity index (χ3n) is 7.45. The van der Waals surface area contributed by atoms with E-state index < -0.39 is 17.7 Å². The van der Waals surface area contributed by atoms with E-state index in [4.69, 9.17) is 9.84 Å². The van der Waals surface area contributed by atoms with Gasteiger partial charge < -0.3 is 15.2 Å². The molecule has 0 radical (unpaired) electrons. The minimum Gasteiger partial charge on any atom is -0.486 e. The molecule has 2 N–H and O–H groups in total. The van der Waals surface area contributed by atoms with Crippen molar-refractivity contribution in [2.24, 2.45) is 5.92 Å². The number of aryl methyl sites for hydroxylation is 1. The third kappa shape index (κ3) is 7.87. The number of aliphatic carboxylic acids is 1. The quantitative estimate of drug-likeness (QED) is 0.267. The summed E-state index contributed by atoms with van der Waals surface area (Å²) in [7, 11) is 0. The summed E-state index contributed by atoms with van der Waals surface area (Å²) in [5, 5.41) is 11.3. The van der Waals surface area contributed by atoms with Gasteiger partial charge in [-0.05, 0) is 77.9 Å². The molecular weight excluding hydrogens is 519 g/mol. The van der Waals surface area contributed by atoms with E-state index in [2.05, 4.69) is 5.32 Å². The van der Waals surface area contributed by atoms with Crippen LogP contribution >= 0.6 is 0 Å². The Morgan fingerprint density at radius 1 is 0.950 bits per heavy atom. The molecule has 1 aliphatic carbocycles. The Kier molecular flexibility index (Phi) is 9.50. The first-order valence-corrected chi connectivity index (χ1v) is 13.6. The van der Waals surface area contributed by atoms with Crippen LogP contribution in [0.1, 0.15) is 78.1 Å². The van der Waals surface area contributed by atoms with E-state index in [-0.39, 0.29) is 25.0 Å². The van der Waals surface area contributed by atoms with Crippen LogP contribution in [0.5, 0.6) is 5.75 Å². The molecule has 1 saturated carbocycles. The lowest BCUT2D eigenvalue weighted by molar-refractivity contribution is -0.138. The van der Waals surface area contributed by atoms with Crippen LogP contribution in [0.3, 0.4) is 0 Å². The van der Waals surface area contributed by atoms with E-state index in [1.807, 2.05) is 25.1 Å². The summed E-state index contributed by atoms with van der Waals surface area (Å²) >= 11 is 0. The average molecular weight is 554 g/mol. The van der Waals surface area contributed by atoms with E-state index in [1.165, 1.54) is 31.4 Å². The number of benzene rings is 3. The molecule has 0 saturated heterocycles.